The highest BCUT2D eigenvalue weighted by atomic mass is 16.6. The maximum absolute atomic E-state index is 10.6. The normalized spacial score (nSPS) is 9.93. The molecule has 0 bridgehead atoms. The molecular formula is C9H12N2O4. The molecule has 0 heterocycles. The number of aliphatic hydroxyl groups excluding tert-OH is 1. The second kappa shape index (κ2) is 5.16. The van der Waals surface area contributed by atoms with Crippen LogP contribution in [-0.2, 0) is 0 Å². The van der Waals surface area contributed by atoms with Crippen LogP contribution in [0.4, 0.5) is 11.4 Å². The molecule has 15 heavy (non-hydrogen) atoms. The van der Waals surface area contributed by atoms with Crippen molar-refractivity contribution in [1.82, 2.24) is 0 Å². The molecule has 6 nitrogen and oxygen atoms in total. The van der Waals surface area contributed by atoms with Gasteiger partial charge in [-0.1, -0.05) is 6.07 Å². The second-order valence-electron chi connectivity index (χ2n) is 2.93. The van der Waals surface area contributed by atoms with Gasteiger partial charge in [-0.3, -0.25) is 10.1 Å². The minimum atomic E-state index is -0.568. The molecule has 0 fully saturated rings. The van der Waals surface area contributed by atoms with Crippen LogP contribution in [0, 0.1) is 10.1 Å². The number of anilines is 1. The molecule has 0 saturated heterocycles. The van der Waals surface area contributed by atoms with Crippen LogP contribution in [0.2, 0.25) is 0 Å². The lowest BCUT2D eigenvalue weighted by molar-refractivity contribution is -0.384. The van der Waals surface area contributed by atoms with E-state index in [0.717, 1.165) is 0 Å². The molecule has 0 amide bonds. The van der Waals surface area contributed by atoms with Gasteiger partial charge in [-0.25, -0.2) is 0 Å². The molecule has 0 aliphatic rings. The number of nitro groups is 1. The first-order valence-electron chi connectivity index (χ1n) is 4.48. The van der Waals surface area contributed by atoms with Gasteiger partial charge in [-0.05, 0) is 12.5 Å². The summed E-state index contributed by atoms with van der Waals surface area (Å²) in [5.74, 6) is -0.165. The van der Waals surface area contributed by atoms with Crippen LogP contribution in [0.1, 0.15) is 6.42 Å². The molecule has 0 radical (unpaired) electrons. The average Bonchev–Trinajstić information content (AvgIpc) is 2.20. The number of rotatable bonds is 5. The van der Waals surface area contributed by atoms with E-state index in [2.05, 4.69) is 5.32 Å². The molecule has 1 aromatic rings. The lowest BCUT2D eigenvalue weighted by Gasteiger charge is -2.07. The van der Waals surface area contributed by atoms with Crippen LogP contribution < -0.4 is 5.32 Å². The van der Waals surface area contributed by atoms with E-state index in [1.807, 2.05) is 0 Å². The molecule has 3 N–H and O–H groups in total. The van der Waals surface area contributed by atoms with Crippen molar-refractivity contribution in [2.45, 2.75) is 6.42 Å². The van der Waals surface area contributed by atoms with E-state index < -0.39 is 4.92 Å². The molecule has 0 saturated carbocycles. The Morgan fingerprint density at radius 2 is 2.20 bits per heavy atom. The number of nitrogens with one attached hydrogen (secondary N) is 1. The average molecular weight is 212 g/mol. The highest BCUT2D eigenvalue weighted by Crippen LogP contribution is 2.32. The van der Waals surface area contributed by atoms with Gasteiger partial charge in [0, 0.05) is 19.2 Å². The number of hydrogen-bond donors (Lipinski definition) is 3. The maximum Gasteiger partial charge on any atom is 0.296 e. The molecular weight excluding hydrogens is 200 g/mol. The summed E-state index contributed by atoms with van der Waals surface area (Å²) in [5.41, 5.74) is -0.0797. The van der Waals surface area contributed by atoms with Gasteiger partial charge in [0.2, 0.25) is 0 Å². The topological polar surface area (TPSA) is 95.6 Å². The lowest BCUT2D eigenvalue weighted by atomic mass is 10.2. The Hall–Kier alpha value is -1.82. The Morgan fingerprint density at radius 1 is 1.47 bits per heavy atom. The summed E-state index contributed by atoms with van der Waals surface area (Å²) in [6.45, 7) is 0.364. The maximum atomic E-state index is 10.6. The third kappa shape index (κ3) is 2.81. The second-order valence-corrected chi connectivity index (χ2v) is 2.93. The van der Waals surface area contributed by atoms with Crippen molar-refractivity contribution in [3.63, 3.8) is 0 Å². The van der Waals surface area contributed by atoms with E-state index in [-0.39, 0.29) is 23.7 Å². The molecule has 0 aliphatic carbocycles. The van der Waals surface area contributed by atoms with Crippen molar-refractivity contribution >= 4 is 11.4 Å². The fraction of sp³-hybridized carbons (Fsp3) is 0.333. The minimum absolute atomic E-state index is 0.00556. The smallest absolute Gasteiger partial charge is 0.296 e. The fourth-order valence-corrected chi connectivity index (χ4v) is 1.15. The van der Waals surface area contributed by atoms with Gasteiger partial charge < -0.3 is 15.5 Å². The predicted octanol–water partition coefficient (Wildman–Crippen LogP) is 1.09. The quantitative estimate of drug-likeness (QED) is 0.294. The number of aromatic hydroxyl groups is 1. The lowest BCUT2D eigenvalue weighted by Crippen LogP contribution is -2.05. The van der Waals surface area contributed by atoms with Crippen LogP contribution in [0.3, 0.4) is 0 Å². The zero-order valence-corrected chi connectivity index (χ0v) is 8.01. The molecule has 0 unspecified atom stereocenters. The zero-order valence-electron chi connectivity index (χ0n) is 8.01. The Labute approximate surface area is 86.3 Å². The van der Waals surface area contributed by atoms with Gasteiger partial charge >= 0.3 is 0 Å². The number of para-hydroxylation sites is 1. The number of phenolic OH excluding ortho intramolecular Hbond substituents is 1. The largest absolute Gasteiger partial charge is 0.506 e. The standard InChI is InChI=1S/C9H12N2O4/c12-6-2-5-10-9-7(11(14)15)3-1-4-8(9)13/h1,3-4,10,12-13H,2,5-6H2. The summed E-state index contributed by atoms with van der Waals surface area (Å²) in [6.07, 6.45) is 0.464. The van der Waals surface area contributed by atoms with Crippen molar-refractivity contribution in [2.24, 2.45) is 0 Å². The number of nitrogens with zero attached hydrogens (tertiary/aromatic N) is 1. The van der Waals surface area contributed by atoms with Crippen molar-refractivity contribution in [2.75, 3.05) is 18.5 Å². The van der Waals surface area contributed by atoms with E-state index in [1.54, 1.807) is 0 Å². The van der Waals surface area contributed by atoms with E-state index in [0.29, 0.717) is 13.0 Å². The van der Waals surface area contributed by atoms with Crippen LogP contribution in [0.5, 0.6) is 5.75 Å². The van der Waals surface area contributed by atoms with Gasteiger partial charge in [0.05, 0.1) is 4.92 Å². The minimum Gasteiger partial charge on any atom is -0.506 e. The van der Waals surface area contributed by atoms with Gasteiger partial charge in [-0.2, -0.15) is 0 Å². The van der Waals surface area contributed by atoms with Crippen LogP contribution in [0.25, 0.3) is 0 Å². The summed E-state index contributed by atoms with van der Waals surface area (Å²) < 4.78 is 0. The van der Waals surface area contributed by atoms with Gasteiger partial charge in [-0.15, -0.1) is 0 Å². The van der Waals surface area contributed by atoms with Gasteiger partial charge in [0.1, 0.15) is 5.75 Å². The summed E-state index contributed by atoms with van der Waals surface area (Å²) in [7, 11) is 0. The zero-order chi connectivity index (χ0) is 11.3. The van der Waals surface area contributed by atoms with Crippen molar-refractivity contribution < 1.29 is 15.1 Å². The highest BCUT2D eigenvalue weighted by molar-refractivity contribution is 5.69. The van der Waals surface area contributed by atoms with Crippen molar-refractivity contribution in [1.29, 1.82) is 0 Å². The fourth-order valence-electron chi connectivity index (χ4n) is 1.15. The first-order valence-corrected chi connectivity index (χ1v) is 4.48. The Kier molecular flexibility index (Phi) is 3.87. The van der Waals surface area contributed by atoms with Crippen molar-refractivity contribution in [3.05, 3.63) is 28.3 Å². The van der Waals surface area contributed by atoms with Crippen molar-refractivity contribution in [3.8, 4) is 5.75 Å². The Morgan fingerprint density at radius 3 is 2.80 bits per heavy atom. The molecule has 1 rings (SSSR count). The Balaban J connectivity index is 2.87. The first-order chi connectivity index (χ1) is 7.16. The predicted molar refractivity (Wildman–Crippen MR) is 55.0 cm³/mol. The van der Waals surface area contributed by atoms with Gasteiger partial charge in [0.15, 0.2) is 5.69 Å². The van der Waals surface area contributed by atoms with Crippen LogP contribution >= 0.6 is 0 Å². The number of hydrogen-bond acceptors (Lipinski definition) is 5. The highest BCUT2D eigenvalue weighted by Gasteiger charge is 2.16. The monoisotopic (exact) mass is 212 g/mol. The first kappa shape index (κ1) is 11.3. The molecule has 0 aromatic heterocycles. The molecule has 82 valence electrons. The van der Waals surface area contributed by atoms with E-state index in [9.17, 15) is 15.2 Å². The molecule has 0 atom stereocenters. The van der Waals surface area contributed by atoms with E-state index >= 15 is 0 Å². The molecule has 6 heteroatoms. The number of aliphatic hydroxyl groups is 1. The number of phenols is 1. The van der Waals surface area contributed by atoms with Crippen LogP contribution in [-0.4, -0.2) is 28.3 Å². The van der Waals surface area contributed by atoms with E-state index in [4.69, 9.17) is 5.11 Å². The van der Waals surface area contributed by atoms with Gasteiger partial charge in [0.25, 0.3) is 5.69 Å². The summed E-state index contributed by atoms with van der Waals surface area (Å²) in [5, 5.41) is 31.3. The summed E-state index contributed by atoms with van der Waals surface area (Å²) >= 11 is 0. The van der Waals surface area contributed by atoms with E-state index in [1.165, 1.54) is 18.2 Å². The Bertz CT molecular complexity index is 354. The third-order valence-electron chi connectivity index (χ3n) is 1.85. The summed E-state index contributed by atoms with van der Waals surface area (Å²) in [6, 6.07) is 4.08. The molecule has 1 aromatic carbocycles. The summed E-state index contributed by atoms with van der Waals surface area (Å²) in [4.78, 5) is 10.0. The molecule has 0 spiro atoms. The SMILES string of the molecule is O=[N+]([O-])c1cccc(O)c1NCCCO. The van der Waals surface area contributed by atoms with Crippen LogP contribution in [0.15, 0.2) is 18.2 Å². The number of nitro benzene ring substituents is 1. The number of benzene rings is 1. The molecule has 0 aliphatic heterocycles. The third-order valence-corrected chi connectivity index (χ3v) is 1.85.